The summed E-state index contributed by atoms with van der Waals surface area (Å²) in [6.45, 7) is 0.337. The first-order chi connectivity index (χ1) is 13.1. The summed E-state index contributed by atoms with van der Waals surface area (Å²) in [7, 11) is -1.76. The Morgan fingerprint density at radius 3 is 2.48 bits per heavy atom. The molecule has 0 bridgehead atoms. The van der Waals surface area contributed by atoms with Crippen molar-refractivity contribution in [2.75, 3.05) is 0 Å². The summed E-state index contributed by atoms with van der Waals surface area (Å²) in [5.41, 5.74) is 1.35. The van der Waals surface area contributed by atoms with Gasteiger partial charge in [0.1, 0.15) is 12.0 Å². The molecular formula is C20H22BNO5. The van der Waals surface area contributed by atoms with E-state index in [0.717, 1.165) is 24.2 Å². The Hall–Kier alpha value is -2.64. The zero-order chi connectivity index (χ0) is 19.2. The summed E-state index contributed by atoms with van der Waals surface area (Å²) in [4.78, 5) is 23.4. The predicted octanol–water partition coefficient (Wildman–Crippen LogP) is 1.43. The maximum absolute atomic E-state index is 12.3. The first kappa shape index (κ1) is 19.1. The van der Waals surface area contributed by atoms with Crippen LogP contribution in [0, 0.1) is 0 Å². The Balaban J connectivity index is 1.57. The average Bonchev–Trinajstić information content (AvgIpc) is 3.19. The number of amides is 1. The zero-order valence-electron chi connectivity index (χ0n) is 14.9. The third-order valence-electron chi connectivity index (χ3n) is 4.74. The second-order valence-electron chi connectivity index (χ2n) is 6.69. The Kier molecular flexibility index (Phi) is 6.26. The highest BCUT2D eigenvalue weighted by Crippen LogP contribution is 2.24. The van der Waals surface area contributed by atoms with Crippen LogP contribution in [-0.2, 0) is 6.54 Å². The Morgan fingerprint density at radius 1 is 1.15 bits per heavy atom. The molecule has 0 heterocycles. The van der Waals surface area contributed by atoms with Crippen molar-refractivity contribution in [2.45, 2.75) is 38.3 Å². The molecule has 6 nitrogen and oxygen atoms in total. The predicted molar refractivity (Wildman–Crippen MR) is 102 cm³/mol. The maximum Gasteiger partial charge on any atom is 0.489 e. The lowest BCUT2D eigenvalue weighted by Crippen LogP contribution is -2.33. The summed E-state index contributed by atoms with van der Waals surface area (Å²) in [5.74, 6) is 0.495. The van der Waals surface area contributed by atoms with Gasteiger partial charge in [0.2, 0.25) is 0 Å². The Bertz CT molecular complexity index is 801. The number of carbonyl (C=O) groups is 2. The van der Waals surface area contributed by atoms with Gasteiger partial charge in [-0.1, -0.05) is 18.2 Å². The highest BCUT2D eigenvalue weighted by atomic mass is 16.5. The summed E-state index contributed by atoms with van der Waals surface area (Å²) in [6.07, 6.45) is 5.45. The lowest BCUT2D eigenvalue weighted by molar-refractivity contribution is 0.0951. The average molecular weight is 367 g/mol. The largest absolute Gasteiger partial charge is 0.490 e. The molecule has 2 aromatic rings. The van der Waals surface area contributed by atoms with Crippen LogP contribution in [0.2, 0.25) is 0 Å². The molecule has 1 aliphatic carbocycles. The molecule has 7 heteroatoms. The molecule has 1 aliphatic rings. The van der Waals surface area contributed by atoms with Crippen molar-refractivity contribution in [1.29, 1.82) is 0 Å². The van der Waals surface area contributed by atoms with E-state index in [9.17, 15) is 19.6 Å². The Labute approximate surface area is 158 Å². The van der Waals surface area contributed by atoms with Gasteiger partial charge in [-0.25, -0.2) is 0 Å². The normalized spacial score (nSPS) is 14.0. The van der Waals surface area contributed by atoms with E-state index in [0.29, 0.717) is 18.9 Å². The van der Waals surface area contributed by atoms with E-state index in [-0.39, 0.29) is 22.5 Å². The van der Waals surface area contributed by atoms with Crippen molar-refractivity contribution in [3.05, 3.63) is 59.2 Å². The van der Waals surface area contributed by atoms with E-state index < -0.39 is 7.12 Å². The molecule has 0 unspecified atom stereocenters. The Morgan fingerprint density at radius 2 is 1.85 bits per heavy atom. The van der Waals surface area contributed by atoms with Gasteiger partial charge >= 0.3 is 7.12 Å². The van der Waals surface area contributed by atoms with Crippen LogP contribution in [0.5, 0.6) is 5.75 Å². The van der Waals surface area contributed by atoms with Crippen molar-refractivity contribution in [1.82, 2.24) is 5.32 Å². The lowest BCUT2D eigenvalue weighted by Gasteiger charge is -2.13. The van der Waals surface area contributed by atoms with Crippen LogP contribution in [0.3, 0.4) is 0 Å². The second kappa shape index (κ2) is 8.84. The fourth-order valence-corrected chi connectivity index (χ4v) is 3.22. The van der Waals surface area contributed by atoms with Crippen LogP contribution < -0.4 is 15.5 Å². The fourth-order valence-electron chi connectivity index (χ4n) is 3.22. The number of carbonyl (C=O) groups excluding carboxylic acids is 2. The maximum atomic E-state index is 12.3. The fraction of sp³-hybridized carbons (Fsp3) is 0.300. The van der Waals surface area contributed by atoms with Gasteiger partial charge < -0.3 is 20.1 Å². The van der Waals surface area contributed by atoms with Gasteiger partial charge in [-0.3, -0.25) is 9.59 Å². The zero-order valence-corrected chi connectivity index (χ0v) is 14.9. The van der Waals surface area contributed by atoms with Gasteiger partial charge in [-0.15, -0.1) is 0 Å². The van der Waals surface area contributed by atoms with Crippen molar-refractivity contribution in [3.63, 3.8) is 0 Å². The molecule has 3 N–H and O–H groups in total. The van der Waals surface area contributed by atoms with Crippen LogP contribution >= 0.6 is 0 Å². The van der Waals surface area contributed by atoms with Crippen molar-refractivity contribution in [2.24, 2.45) is 0 Å². The monoisotopic (exact) mass is 367 g/mol. The van der Waals surface area contributed by atoms with Gasteiger partial charge in [0.25, 0.3) is 5.91 Å². The number of ether oxygens (including phenoxy) is 1. The smallest absolute Gasteiger partial charge is 0.489 e. The van der Waals surface area contributed by atoms with Crippen molar-refractivity contribution >= 4 is 24.8 Å². The summed E-state index contributed by atoms with van der Waals surface area (Å²) in [6, 6.07) is 11.8. The second-order valence-corrected chi connectivity index (χ2v) is 6.69. The molecule has 0 aromatic heterocycles. The van der Waals surface area contributed by atoms with E-state index in [1.54, 1.807) is 0 Å². The van der Waals surface area contributed by atoms with Gasteiger partial charge in [-0.05, 0) is 61.0 Å². The molecule has 0 saturated heterocycles. The SMILES string of the molecule is O=Cc1cc(C(=O)NCc2ccc(OC3CCCC3)cc2)ccc1B(O)O. The number of hydrogen-bond acceptors (Lipinski definition) is 5. The highest BCUT2D eigenvalue weighted by Gasteiger charge is 2.18. The number of aldehydes is 1. The first-order valence-electron chi connectivity index (χ1n) is 9.06. The molecule has 140 valence electrons. The molecule has 1 amide bonds. The molecule has 27 heavy (non-hydrogen) atoms. The van der Waals surface area contributed by atoms with Crippen LogP contribution in [0.1, 0.15) is 52.0 Å². The third-order valence-corrected chi connectivity index (χ3v) is 4.74. The highest BCUT2D eigenvalue weighted by molar-refractivity contribution is 6.60. The van der Waals surface area contributed by atoms with E-state index in [2.05, 4.69) is 5.32 Å². The molecule has 1 saturated carbocycles. The summed E-state index contributed by atoms with van der Waals surface area (Å²) >= 11 is 0. The molecular weight excluding hydrogens is 345 g/mol. The molecule has 3 rings (SSSR count). The first-order valence-corrected chi connectivity index (χ1v) is 9.06. The van der Waals surface area contributed by atoms with Gasteiger partial charge in [0.05, 0.1) is 6.10 Å². The number of hydrogen-bond donors (Lipinski definition) is 3. The standard InChI is InChI=1S/C20H22BNO5/c23-13-16-11-15(7-10-19(16)21(25)26)20(24)22-12-14-5-8-18(9-6-14)27-17-3-1-2-4-17/h5-11,13,17,25-26H,1-4,12H2,(H,22,24). The van der Waals surface area contributed by atoms with Gasteiger partial charge in [0, 0.05) is 17.7 Å². The van der Waals surface area contributed by atoms with Crippen molar-refractivity contribution in [3.8, 4) is 5.75 Å². The van der Waals surface area contributed by atoms with E-state index >= 15 is 0 Å². The lowest BCUT2D eigenvalue weighted by atomic mass is 9.77. The molecule has 0 atom stereocenters. The molecule has 1 fully saturated rings. The van der Waals surface area contributed by atoms with Crippen LogP contribution in [0.4, 0.5) is 0 Å². The third kappa shape index (κ3) is 4.96. The number of rotatable bonds is 7. The molecule has 0 radical (unpaired) electrons. The van der Waals surface area contributed by atoms with Crippen LogP contribution in [-0.4, -0.2) is 35.5 Å². The van der Waals surface area contributed by atoms with E-state index in [1.807, 2.05) is 24.3 Å². The number of nitrogens with one attached hydrogen (secondary N) is 1. The minimum Gasteiger partial charge on any atom is -0.490 e. The van der Waals surface area contributed by atoms with E-state index in [4.69, 9.17) is 4.74 Å². The summed E-state index contributed by atoms with van der Waals surface area (Å²) in [5, 5.41) is 21.2. The van der Waals surface area contributed by atoms with Gasteiger partial charge in [0.15, 0.2) is 0 Å². The topological polar surface area (TPSA) is 95.9 Å². The summed E-state index contributed by atoms with van der Waals surface area (Å²) < 4.78 is 5.92. The molecule has 2 aromatic carbocycles. The minimum absolute atomic E-state index is 0.0689. The molecule has 0 spiro atoms. The van der Waals surface area contributed by atoms with E-state index in [1.165, 1.54) is 31.0 Å². The molecule has 0 aliphatic heterocycles. The number of benzene rings is 2. The van der Waals surface area contributed by atoms with Crippen LogP contribution in [0.25, 0.3) is 0 Å². The van der Waals surface area contributed by atoms with Gasteiger partial charge in [-0.2, -0.15) is 0 Å². The quantitative estimate of drug-likeness (QED) is 0.508. The van der Waals surface area contributed by atoms with Crippen LogP contribution in [0.15, 0.2) is 42.5 Å². The van der Waals surface area contributed by atoms with Crippen molar-refractivity contribution < 1.29 is 24.4 Å². The minimum atomic E-state index is -1.76.